The third kappa shape index (κ3) is 3.66. The van der Waals surface area contributed by atoms with Crippen LogP contribution in [0.25, 0.3) is 0 Å². The zero-order chi connectivity index (χ0) is 19.9. The summed E-state index contributed by atoms with van der Waals surface area (Å²) in [5.74, 6) is 0.396. The number of fused-ring (bicyclic) bond motifs is 4. The van der Waals surface area contributed by atoms with Gasteiger partial charge in [-0.2, -0.15) is 0 Å². The van der Waals surface area contributed by atoms with Crippen LogP contribution in [-0.2, 0) is 29.7 Å². The lowest BCUT2D eigenvalue weighted by atomic mass is 9.84. The van der Waals surface area contributed by atoms with Gasteiger partial charge in [0.1, 0.15) is 6.26 Å². The number of aromatic nitrogens is 2. The molecule has 0 amide bonds. The van der Waals surface area contributed by atoms with Gasteiger partial charge in [0.25, 0.3) is 5.56 Å². The van der Waals surface area contributed by atoms with E-state index in [1.165, 1.54) is 6.26 Å². The fourth-order valence-electron chi connectivity index (χ4n) is 4.42. The van der Waals surface area contributed by atoms with Crippen LogP contribution < -0.4 is 5.56 Å². The third-order valence-corrected chi connectivity index (χ3v) is 7.59. The Morgan fingerprint density at radius 2 is 2.04 bits per heavy atom. The van der Waals surface area contributed by atoms with Crippen LogP contribution in [0.2, 0.25) is 0 Å². The Balaban J connectivity index is 1.55. The minimum absolute atomic E-state index is 0.0333. The minimum Gasteiger partial charge on any atom is -0.364 e. The smallest absolute Gasteiger partial charge is 0.255 e. The van der Waals surface area contributed by atoms with E-state index in [0.29, 0.717) is 32.7 Å². The number of nitrogens with zero attached hydrogens (tertiary/aromatic N) is 4. The number of pyridine rings is 1. The predicted octanol–water partition coefficient (Wildman–Crippen LogP) is 1.24. The Labute approximate surface area is 164 Å². The Morgan fingerprint density at radius 1 is 1.21 bits per heavy atom. The van der Waals surface area contributed by atoms with Crippen molar-refractivity contribution in [3.8, 4) is 0 Å². The summed E-state index contributed by atoms with van der Waals surface area (Å²) in [6, 6.07) is 5.71. The van der Waals surface area contributed by atoms with Crippen LogP contribution in [0.1, 0.15) is 36.2 Å². The molecule has 2 aromatic rings. The summed E-state index contributed by atoms with van der Waals surface area (Å²) in [4.78, 5) is 15.1. The molecule has 2 aliphatic rings. The van der Waals surface area contributed by atoms with Crippen molar-refractivity contribution >= 4 is 10.0 Å². The Bertz CT molecular complexity index is 999. The molecule has 0 aromatic carbocycles. The van der Waals surface area contributed by atoms with E-state index in [1.807, 2.05) is 34.7 Å². The lowest BCUT2D eigenvalue weighted by Gasteiger charge is -2.42. The fourth-order valence-corrected chi connectivity index (χ4v) is 5.63. The van der Waals surface area contributed by atoms with Crippen LogP contribution in [0.4, 0.5) is 0 Å². The van der Waals surface area contributed by atoms with E-state index in [-0.39, 0.29) is 23.1 Å². The third-order valence-electron chi connectivity index (χ3n) is 5.77. The summed E-state index contributed by atoms with van der Waals surface area (Å²) in [5, 5.41) is 3.91. The van der Waals surface area contributed by atoms with E-state index >= 15 is 0 Å². The number of hydrogen-bond acceptors (Lipinski definition) is 6. The maximum Gasteiger partial charge on any atom is 0.255 e. The first-order valence-electron chi connectivity index (χ1n) is 9.65. The molecule has 152 valence electrons. The molecule has 8 nitrogen and oxygen atoms in total. The van der Waals surface area contributed by atoms with Crippen molar-refractivity contribution in [2.45, 2.75) is 38.9 Å². The quantitative estimate of drug-likeness (QED) is 0.717. The molecule has 2 bridgehead atoms. The van der Waals surface area contributed by atoms with Crippen molar-refractivity contribution in [1.29, 1.82) is 0 Å². The van der Waals surface area contributed by atoms with Gasteiger partial charge in [-0.3, -0.25) is 9.69 Å². The van der Waals surface area contributed by atoms with E-state index in [9.17, 15) is 13.2 Å². The molecule has 1 saturated heterocycles. The van der Waals surface area contributed by atoms with Crippen LogP contribution in [0.15, 0.2) is 33.8 Å². The van der Waals surface area contributed by atoms with Gasteiger partial charge < -0.3 is 9.09 Å². The summed E-state index contributed by atoms with van der Waals surface area (Å²) >= 11 is 0. The Hall–Kier alpha value is -1.97. The molecular formula is C19H26N4O4S. The average molecular weight is 407 g/mol. The van der Waals surface area contributed by atoms with E-state index in [1.54, 1.807) is 11.2 Å². The molecular weight excluding hydrogens is 380 g/mol. The molecule has 0 unspecified atom stereocenters. The molecule has 2 aromatic heterocycles. The van der Waals surface area contributed by atoms with Crippen molar-refractivity contribution in [3.63, 3.8) is 0 Å². The molecule has 9 heteroatoms. The molecule has 0 radical (unpaired) electrons. The SMILES string of the molecule is CCS(=O)(=O)N1C[C@@H]2C[C@H](C1)c1ccc(CN(C)Cc3ccon3)c(=O)n1C2. The second kappa shape index (κ2) is 7.46. The molecule has 1 fully saturated rings. The molecule has 4 rings (SSSR count). The summed E-state index contributed by atoms with van der Waals surface area (Å²) in [7, 11) is -1.25. The van der Waals surface area contributed by atoms with Gasteiger partial charge in [-0.15, -0.1) is 0 Å². The summed E-state index contributed by atoms with van der Waals surface area (Å²) in [6.07, 6.45) is 2.48. The normalized spacial score (nSPS) is 22.4. The highest BCUT2D eigenvalue weighted by molar-refractivity contribution is 7.89. The van der Waals surface area contributed by atoms with Gasteiger partial charge in [-0.25, -0.2) is 12.7 Å². The van der Waals surface area contributed by atoms with Gasteiger partial charge in [-0.05, 0) is 32.4 Å². The predicted molar refractivity (Wildman–Crippen MR) is 104 cm³/mol. The molecule has 28 heavy (non-hydrogen) atoms. The highest BCUT2D eigenvalue weighted by Crippen LogP contribution is 2.36. The summed E-state index contributed by atoms with van der Waals surface area (Å²) in [5.41, 5.74) is 2.56. The summed E-state index contributed by atoms with van der Waals surface area (Å²) < 4.78 is 33.0. The first-order chi connectivity index (χ1) is 13.4. The Morgan fingerprint density at radius 3 is 2.75 bits per heavy atom. The topological polar surface area (TPSA) is 88.7 Å². The van der Waals surface area contributed by atoms with Crippen LogP contribution in [0.3, 0.4) is 0 Å². The van der Waals surface area contributed by atoms with Crippen LogP contribution >= 0.6 is 0 Å². The number of rotatable bonds is 6. The number of sulfonamides is 1. The zero-order valence-corrected chi connectivity index (χ0v) is 17.1. The Kier molecular flexibility index (Phi) is 5.15. The molecule has 4 heterocycles. The maximum absolute atomic E-state index is 13.1. The second-order valence-corrected chi connectivity index (χ2v) is 10.1. The first-order valence-corrected chi connectivity index (χ1v) is 11.3. The first kappa shape index (κ1) is 19.4. The second-order valence-electron chi connectivity index (χ2n) is 7.88. The van der Waals surface area contributed by atoms with Crippen LogP contribution in [0, 0.1) is 5.92 Å². The standard InChI is InChI=1S/C19H26N4O4S/c1-3-28(25,26)22-9-14-8-16(12-22)18-5-4-15(19(24)23(18)10-14)11-21(2)13-17-6-7-27-20-17/h4-7,14,16H,3,8-13H2,1-2H3/t14-,16+/m0/s1. The summed E-state index contributed by atoms with van der Waals surface area (Å²) in [6.45, 7) is 4.37. The van der Waals surface area contributed by atoms with Crippen molar-refractivity contribution in [1.82, 2.24) is 18.9 Å². The molecule has 0 saturated carbocycles. The van der Waals surface area contributed by atoms with Crippen LogP contribution in [0.5, 0.6) is 0 Å². The van der Waals surface area contributed by atoms with Crippen molar-refractivity contribution in [3.05, 3.63) is 51.8 Å². The molecule has 0 N–H and O–H groups in total. The van der Waals surface area contributed by atoms with Gasteiger partial charge in [-0.1, -0.05) is 11.2 Å². The highest BCUT2D eigenvalue weighted by atomic mass is 32.2. The highest BCUT2D eigenvalue weighted by Gasteiger charge is 2.38. The average Bonchev–Trinajstić information content (AvgIpc) is 3.17. The molecule has 2 atom stereocenters. The van der Waals surface area contributed by atoms with Gasteiger partial charge in [0, 0.05) is 56.0 Å². The van der Waals surface area contributed by atoms with Crippen molar-refractivity contribution in [2.75, 3.05) is 25.9 Å². The van der Waals surface area contributed by atoms with E-state index in [4.69, 9.17) is 4.52 Å². The zero-order valence-electron chi connectivity index (χ0n) is 16.2. The number of piperidine rings is 1. The number of hydrogen-bond donors (Lipinski definition) is 0. The minimum atomic E-state index is -3.20. The molecule has 2 aliphatic heterocycles. The van der Waals surface area contributed by atoms with Crippen LogP contribution in [-0.4, -0.2) is 53.2 Å². The van der Waals surface area contributed by atoms with Crippen molar-refractivity contribution in [2.24, 2.45) is 5.92 Å². The fraction of sp³-hybridized carbons (Fsp3) is 0.579. The lowest BCUT2D eigenvalue weighted by molar-refractivity contribution is 0.185. The van der Waals surface area contributed by atoms with E-state index < -0.39 is 10.0 Å². The van der Waals surface area contributed by atoms with Gasteiger partial charge in [0.15, 0.2) is 0 Å². The van der Waals surface area contributed by atoms with Gasteiger partial charge in [0.05, 0.1) is 11.4 Å². The monoisotopic (exact) mass is 406 g/mol. The van der Waals surface area contributed by atoms with Crippen molar-refractivity contribution < 1.29 is 12.9 Å². The lowest BCUT2D eigenvalue weighted by Crippen LogP contribution is -2.49. The van der Waals surface area contributed by atoms with E-state index in [0.717, 1.165) is 23.4 Å². The van der Waals surface area contributed by atoms with Gasteiger partial charge >= 0.3 is 0 Å². The largest absolute Gasteiger partial charge is 0.364 e. The van der Waals surface area contributed by atoms with Gasteiger partial charge in [0.2, 0.25) is 10.0 Å². The molecule has 0 spiro atoms. The molecule has 0 aliphatic carbocycles. The maximum atomic E-state index is 13.1. The van der Waals surface area contributed by atoms with E-state index in [2.05, 4.69) is 5.16 Å².